The summed E-state index contributed by atoms with van der Waals surface area (Å²) in [6.45, 7) is 0.270. The lowest BCUT2D eigenvalue weighted by Gasteiger charge is -2.22. The second-order valence-corrected chi connectivity index (χ2v) is 7.07. The molecule has 0 aliphatic carbocycles. The van der Waals surface area contributed by atoms with Gasteiger partial charge in [-0.1, -0.05) is 30.3 Å². The van der Waals surface area contributed by atoms with E-state index in [1.165, 1.54) is 0 Å². The van der Waals surface area contributed by atoms with Crippen molar-refractivity contribution in [3.63, 3.8) is 0 Å². The van der Waals surface area contributed by atoms with Crippen molar-refractivity contribution in [2.75, 3.05) is 13.1 Å². The fourth-order valence-electron chi connectivity index (χ4n) is 2.18. The molecule has 0 bridgehead atoms. The van der Waals surface area contributed by atoms with Gasteiger partial charge in [-0.3, -0.25) is 0 Å². The molecule has 0 amide bonds. The van der Waals surface area contributed by atoms with Crippen molar-refractivity contribution >= 4 is 10.0 Å². The zero-order valence-electron chi connectivity index (χ0n) is 12.7. The third kappa shape index (κ3) is 4.34. The van der Waals surface area contributed by atoms with Crippen LogP contribution in [0.3, 0.4) is 0 Å². The van der Waals surface area contributed by atoms with Gasteiger partial charge in [-0.05, 0) is 29.8 Å². The van der Waals surface area contributed by atoms with Crippen LogP contribution in [0.1, 0.15) is 11.1 Å². The minimum absolute atomic E-state index is 0.0677. The van der Waals surface area contributed by atoms with Crippen LogP contribution in [0.15, 0.2) is 59.5 Å². The Labute approximate surface area is 138 Å². The fraction of sp³-hybridized carbons (Fsp3) is 0.250. The van der Waals surface area contributed by atoms with Crippen LogP contribution < -0.4 is 5.73 Å². The van der Waals surface area contributed by atoms with Crippen LogP contribution in [-0.2, 0) is 22.7 Å². The summed E-state index contributed by atoms with van der Waals surface area (Å²) < 4.78 is 64.3. The first-order valence-electron chi connectivity index (χ1n) is 7.16. The monoisotopic (exact) mass is 358 g/mol. The maximum atomic E-state index is 12.7. The minimum atomic E-state index is -4.51. The van der Waals surface area contributed by atoms with Gasteiger partial charge in [0.1, 0.15) is 0 Å². The zero-order chi connectivity index (χ0) is 17.8. The van der Waals surface area contributed by atoms with Gasteiger partial charge in [-0.15, -0.1) is 0 Å². The molecule has 2 N–H and O–H groups in total. The van der Waals surface area contributed by atoms with Crippen molar-refractivity contribution in [3.05, 3.63) is 65.7 Å². The van der Waals surface area contributed by atoms with Crippen LogP contribution in [0.4, 0.5) is 13.2 Å². The fourth-order valence-corrected chi connectivity index (χ4v) is 3.62. The minimum Gasteiger partial charge on any atom is -0.329 e. The quantitative estimate of drug-likeness (QED) is 0.864. The molecule has 0 heterocycles. The van der Waals surface area contributed by atoms with Crippen LogP contribution in [0, 0.1) is 0 Å². The molecule has 0 saturated carbocycles. The van der Waals surface area contributed by atoms with Crippen molar-refractivity contribution in [2.24, 2.45) is 5.73 Å². The Bertz CT molecular complexity index is 760. The van der Waals surface area contributed by atoms with Crippen molar-refractivity contribution in [1.82, 2.24) is 4.31 Å². The van der Waals surface area contributed by atoms with Crippen LogP contribution in [0.2, 0.25) is 0 Å². The first-order chi connectivity index (χ1) is 11.2. The third-order valence-corrected chi connectivity index (χ3v) is 5.26. The molecule has 0 saturated heterocycles. The van der Waals surface area contributed by atoms with Crippen LogP contribution in [0.5, 0.6) is 0 Å². The lowest BCUT2D eigenvalue weighted by Crippen LogP contribution is -2.35. The lowest BCUT2D eigenvalue weighted by atomic mass is 10.2. The van der Waals surface area contributed by atoms with Crippen LogP contribution >= 0.6 is 0 Å². The lowest BCUT2D eigenvalue weighted by molar-refractivity contribution is -0.137. The van der Waals surface area contributed by atoms with Crippen molar-refractivity contribution in [1.29, 1.82) is 0 Å². The molecule has 2 aromatic carbocycles. The summed E-state index contributed by atoms with van der Waals surface area (Å²) in [4.78, 5) is -0.195. The molecule has 4 nitrogen and oxygen atoms in total. The summed E-state index contributed by atoms with van der Waals surface area (Å²) in [7, 11) is -3.94. The Balaban J connectivity index is 2.30. The molecule has 2 aromatic rings. The normalized spacial score (nSPS) is 12.5. The molecule has 24 heavy (non-hydrogen) atoms. The Morgan fingerprint density at radius 2 is 1.54 bits per heavy atom. The Hall–Kier alpha value is -1.90. The first kappa shape index (κ1) is 18.4. The first-order valence-corrected chi connectivity index (χ1v) is 8.60. The van der Waals surface area contributed by atoms with E-state index < -0.39 is 21.8 Å². The van der Waals surface area contributed by atoms with Gasteiger partial charge in [0.2, 0.25) is 10.0 Å². The number of nitrogens with two attached hydrogens (primary N) is 1. The molecule has 8 heteroatoms. The molecule has 130 valence electrons. The standard InChI is InChI=1S/C16H17F3N2O2S/c17-16(18,19)14-6-8-15(9-7-14)24(22,23)21(11-10-20)12-13-4-2-1-3-5-13/h1-9H,10-12,20H2. The number of benzene rings is 2. The van der Waals surface area contributed by atoms with E-state index in [0.717, 1.165) is 34.1 Å². The average molecular weight is 358 g/mol. The highest BCUT2D eigenvalue weighted by atomic mass is 32.2. The van der Waals surface area contributed by atoms with E-state index in [1.807, 2.05) is 0 Å². The van der Waals surface area contributed by atoms with Gasteiger partial charge >= 0.3 is 6.18 Å². The van der Waals surface area contributed by atoms with Crippen LogP contribution in [-0.4, -0.2) is 25.8 Å². The van der Waals surface area contributed by atoms with E-state index in [-0.39, 0.29) is 24.5 Å². The number of alkyl halides is 3. The molecule has 0 aromatic heterocycles. The molecule has 2 rings (SSSR count). The van der Waals surface area contributed by atoms with Gasteiger partial charge in [0.25, 0.3) is 0 Å². The zero-order valence-corrected chi connectivity index (χ0v) is 13.5. The maximum absolute atomic E-state index is 12.7. The second-order valence-electron chi connectivity index (χ2n) is 5.14. The molecule has 0 aliphatic rings. The third-order valence-electron chi connectivity index (χ3n) is 3.40. The van der Waals surface area contributed by atoms with E-state index in [4.69, 9.17) is 5.73 Å². The number of hydrogen-bond acceptors (Lipinski definition) is 3. The number of nitrogens with zero attached hydrogens (tertiary/aromatic N) is 1. The highest BCUT2D eigenvalue weighted by Gasteiger charge is 2.31. The van der Waals surface area contributed by atoms with Gasteiger partial charge in [0.05, 0.1) is 10.5 Å². The molecule has 0 fully saturated rings. The summed E-state index contributed by atoms with van der Waals surface area (Å²) >= 11 is 0. The predicted molar refractivity (Wildman–Crippen MR) is 84.5 cm³/mol. The predicted octanol–water partition coefficient (Wildman–Crippen LogP) is 2.86. The van der Waals surface area contributed by atoms with Gasteiger partial charge in [-0.25, -0.2) is 8.42 Å². The molecular formula is C16H17F3N2O2S. The molecule has 0 atom stereocenters. The SMILES string of the molecule is NCCN(Cc1ccccc1)S(=O)(=O)c1ccc(C(F)(F)F)cc1. The molecule has 0 spiro atoms. The maximum Gasteiger partial charge on any atom is 0.416 e. The Morgan fingerprint density at radius 1 is 0.958 bits per heavy atom. The van der Waals surface area contributed by atoms with Gasteiger partial charge in [0, 0.05) is 19.6 Å². The van der Waals surface area contributed by atoms with Crippen molar-refractivity contribution < 1.29 is 21.6 Å². The number of rotatable bonds is 6. The van der Waals surface area contributed by atoms with Gasteiger partial charge < -0.3 is 5.73 Å². The largest absolute Gasteiger partial charge is 0.416 e. The molecule has 0 unspecified atom stereocenters. The van der Waals surface area contributed by atoms with Crippen molar-refractivity contribution in [2.45, 2.75) is 17.6 Å². The number of halogens is 3. The van der Waals surface area contributed by atoms with E-state index >= 15 is 0 Å². The molecule has 0 aliphatic heterocycles. The van der Waals surface area contributed by atoms with Gasteiger partial charge in [-0.2, -0.15) is 17.5 Å². The molecule has 0 radical (unpaired) electrons. The smallest absolute Gasteiger partial charge is 0.329 e. The van der Waals surface area contributed by atoms with Crippen LogP contribution in [0.25, 0.3) is 0 Å². The summed E-state index contributed by atoms with van der Waals surface area (Å²) in [6, 6.07) is 12.4. The van der Waals surface area contributed by atoms with E-state index in [9.17, 15) is 21.6 Å². The number of sulfonamides is 1. The van der Waals surface area contributed by atoms with Crippen molar-refractivity contribution in [3.8, 4) is 0 Å². The Morgan fingerprint density at radius 3 is 2.04 bits per heavy atom. The van der Waals surface area contributed by atoms with E-state index in [0.29, 0.717) is 0 Å². The van der Waals surface area contributed by atoms with Gasteiger partial charge in [0.15, 0.2) is 0 Å². The summed E-state index contributed by atoms with van der Waals surface area (Å²) in [5.74, 6) is 0. The number of hydrogen-bond donors (Lipinski definition) is 1. The molecular weight excluding hydrogens is 341 g/mol. The van der Waals surface area contributed by atoms with E-state index in [1.54, 1.807) is 30.3 Å². The highest BCUT2D eigenvalue weighted by Crippen LogP contribution is 2.30. The van der Waals surface area contributed by atoms with E-state index in [2.05, 4.69) is 0 Å². The Kier molecular flexibility index (Phi) is 5.63. The summed E-state index contributed by atoms with van der Waals surface area (Å²) in [5, 5.41) is 0. The highest BCUT2D eigenvalue weighted by molar-refractivity contribution is 7.89. The average Bonchev–Trinajstić information content (AvgIpc) is 2.55. The second kappa shape index (κ2) is 7.33. The summed E-state index contributed by atoms with van der Waals surface area (Å²) in [5.41, 5.74) is 5.36. The summed E-state index contributed by atoms with van der Waals surface area (Å²) in [6.07, 6.45) is -4.51. The topological polar surface area (TPSA) is 63.4 Å².